The maximum absolute atomic E-state index is 13.6. The monoisotopic (exact) mass is 973 g/mol. The molecule has 7 aromatic rings. The number of pyridine rings is 1. The molecule has 17 heteroatoms. The van der Waals surface area contributed by atoms with E-state index in [0.29, 0.717) is 77.7 Å². The van der Waals surface area contributed by atoms with E-state index in [9.17, 15) is 29.1 Å². The number of carbonyl (C=O) groups excluding carboxylic acids is 4. The molecule has 2 fully saturated rings. The molecule has 2 saturated heterocycles. The van der Waals surface area contributed by atoms with Crippen molar-refractivity contribution < 1.29 is 33.8 Å². The van der Waals surface area contributed by atoms with E-state index in [-0.39, 0.29) is 48.3 Å². The van der Waals surface area contributed by atoms with Crippen LogP contribution in [0, 0.1) is 12.8 Å². The summed E-state index contributed by atoms with van der Waals surface area (Å²) in [5.41, 5.74) is 7.42. The molecule has 0 bridgehead atoms. The van der Waals surface area contributed by atoms with Gasteiger partial charge in [0.05, 0.1) is 40.5 Å². The molecule has 3 aliphatic rings. The summed E-state index contributed by atoms with van der Waals surface area (Å²) in [7, 11) is 1.81. The van der Waals surface area contributed by atoms with E-state index in [0.717, 1.165) is 75.6 Å². The van der Waals surface area contributed by atoms with Crippen molar-refractivity contribution in [3.8, 4) is 16.9 Å². The Kier molecular flexibility index (Phi) is 13.3. The molecule has 4 N–H and O–H groups in total. The number of nitrogens with zero attached hydrogens (tertiary/aromatic N) is 6. The Hall–Kier alpha value is -7.50. The van der Waals surface area contributed by atoms with E-state index < -0.39 is 11.9 Å². The second-order valence-electron chi connectivity index (χ2n) is 18.8. The number of imide groups is 1. The Bertz CT molecular complexity index is 3210. The fourth-order valence-electron chi connectivity index (χ4n) is 10.5. The summed E-state index contributed by atoms with van der Waals surface area (Å²) in [5.74, 6) is -0.850. The van der Waals surface area contributed by atoms with Crippen molar-refractivity contribution in [1.29, 1.82) is 0 Å². The second kappa shape index (κ2) is 20.1. The number of anilines is 3. The Morgan fingerprint density at radius 1 is 0.915 bits per heavy atom. The van der Waals surface area contributed by atoms with Crippen LogP contribution in [0.3, 0.4) is 0 Å². The van der Waals surface area contributed by atoms with Gasteiger partial charge in [0.15, 0.2) is 10.8 Å². The number of rotatable bonds is 14. The first-order valence-corrected chi connectivity index (χ1v) is 25.0. The lowest BCUT2D eigenvalue weighted by Gasteiger charge is -2.37. The van der Waals surface area contributed by atoms with Gasteiger partial charge in [-0.15, -0.1) is 0 Å². The number of aromatic nitrogens is 4. The number of carboxylic acid groups (broad SMARTS) is 1. The van der Waals surface area contributed by atoms with Gasteiger partial charge in [0.2, 0.25) is 17.7 Å². The number of para-hydroxylation sites is 1. The number of benzene rings is 4. The molecule has 3 aromatic heterocycles. The lowest BCUT2D eigenvalue weighted by molar-refractivity contribution is -0.134. The standard InChI is InChI=1S/C54H55N9O7S/c1-31-27-33(22-24-62(31)30-48(65)55-35-16-17-39-43(28-35)61(3)60-49(39)40-19-21-47(64)58-52(40)67)9-8-26-70-44-14-7-11-36(32(44)2)37-18-20-46(57-50(37)53(68)69)63-25-23-34-10-6-12-38(41(34)29-63)51(66)59-54-56-42-13-4-5-15-45(42)71-54/h4-7,10-18,20,28,31,33,40H,8-9,19,21-27,29-30H2,1-3H3,(H,55,65)(H,68,69)(H,56,59,66)(H,58,64,67)/t31-,33-,40?/m0/s1. The van der Waals surface area contributed by atoms with Crippen LogP contribution in [-0.4, -0.2) is 91.6 Å². The van der Waals surface area contributed by atoms with Gasteiger partial charge < -0.3 is 20.1 Å². The first kappa shape index (κ1) is 47.2. The van der Waals surface area contributed by atoms with Crippen LogP contribution >= 0.6 is 11.3 Å². The second-order valence-corrected chi connectivity index (χ2v) is 19.9. The summed E-state index contributed by atoms with van der Waals surface area (Å²) in [5, 5.41) is 24.9. The minimum atomic E-state index is -1.13. The minimum Gasteiger partial charge on any atom is -0.493 e. The number of nitrogens with one attached hydrogen (secondary N) is 3. The van der Waals surface area contributed by atoms with Gasteiger partial charge in [-0.1, -0.05) is 47.7 Å². The van der Waals surface area contributed by atoms with Gasteiger partial charge in [-0.05, 0) is 142 Å². The number of amides is 4. The number of thiazole rings is 1. The SMILES string of the molecule is Cc1c(OCCC[C@H]2CCN(CC(=O)Nc3ccc4c(C5CCC(=O)NC5=O)nn(C)c4c3)[C@@H](C)C2)cccc1-c1ccc(N2CCc3cccc(C(=O)Nc4nc5ccccc5s4)c3C2)nc1C(=O)O. The molecule has 364 valence electrons. The highest BCUT2D eigenvalue weighted by Crippen LogP contribution is 2.36. The number of hydrogen-bond acceptors (Lipinski definition) is 12. The lowest BCUT2D eigenvalue weighted by atomic mass is 9.88. The Balaban J connectivity index is 0.718. The summed E-state index contributed by atoms with van der Waals surface area (Å²) in [6.07, 6.45) is 5.14. The quantitative estimate of drug-likeness (QED) is 0.0599. The number of aryl methyl sites for hydroxylation is 1. The van der Waals surface area contributed by atoms with Crippen LogP contribution in [0.4, 0.5) is 16.6 Å². The topological polar surface area (TPSA) is 201 Å². The number of carbonyl (C=O) groups is 5. The van der Waals surface area contributed by atoms with E-state index in [2.05, 4.69) is 37.9 Å². The number of aromatic carboxylic acids is 1. The zero-order valence-corrected chi connectivity index (χ0v) is 40.7. The molecule has 0 radical (unpaired) electrons. The summed E-state index contributed by atoms with van der Waals surface area (Å²) in [4.78, 5) is 77.5. The smallest absolute Gasteiger partial charge is 0.355 e. The molecule has 4 aromatic carbocycles. The van der Waals surface area contributed by atoms with Gasteiger partial charge in [0.1, 0.15) is 11.6 Å². The number of fused-ring (bicyclic) bond motifs is 3. The third kappa shape index (κ3) is 9.97. The summed E-state index contributed by atoms with van der Waals surface area (Å²) < 4.78 is 9.04. The molecular formula is C54H55N9O7S. The Morgan fingerprint density at radius 2 is 1.76 bits per heavy atom. The predicted octanol–water partition coefficient (Wildman–Crippen LogP) is 8.49. The lowest BCUT2D eigenvalue weighted by Crippen LogP contribution is -2.44. The van der Waals surface area contributed by atoms with Crippen molar-refractivity contribution in [2.45, 2.75) is 77.3 Å². The van der Waals surface area contributed by atoms with Crippen LogP contribution in [0.2, 0.25) is 0 Å². The highest BCUT2D eigenvalue weighted by Gasteiger charge is 2.32. The van der Waals surface area contributed by atoms with Gasteiger partial charge in [0.25, 0.3) is 5.91 Å². The molecule has 3 atom stereocenters. The van der Waals surface area contributed by atoms with Crippen molar-refractivity contribution in [1.82, 2.24) is 30.0 Å². The van der Waals surface area contributed by atoms with E-state index >= 15 is 0 Å². The normalized spacial score (nSPS) is 18.3. The van der Waals surface area contributed by atoms with Crippen LogP contribution in [0.5, 0.6) is 5.75 Å². The average molecular weight is 974 g/mol. The fourth-order valence-corrected chi connectivity index (χ4v) is 11.3. The zero-order chi connectivity index (χ0) is 49.3. The van der Waals surface area contributed by atoms with Gasteiger partial charge in [-0.2, -0.15) is 5.10 Å². The van der Waals surface area contributed by atoms with E-state index in [1.54, 1.807) is 11.7 Å². The van der Waals surface area contributed by atoms with Crippen LogP contribution in [0.15, 0.2) is 91.0 Å². The van der Waals surface area contributed by atoms with Gasteiger partial charge in [-0.3, -0.25) is 39.4 Å². The highest BCUT2D eigenvalue weighted by molar-refractivity contribution is 7.22. The molecule has 4 amide bonds. The van der Waals surface area contributed by atoms with Crippen molar-refractivity contribution in [3.63, 3.8) is 0 Å². The number of ether oxygens (including phenoxy) is 1. The molecule has 1 unspecified atom stereocenters. The molecule has 6 heterocycles. The van der Waals surface area contributed by atoms with Crippen LogP contribution < -0.4 is 25.6 Å². The maximum atomic E-state index is 13.6. The molecule has 0 spiro atoms. The molecule has 0 aliphatic carbocycles. The van der Waals surface area contributed by atoms with Crippen LogP contribution in [0.1, 0.15) is 94.6 Å². The predicted molar refractivity (Wildman–Crippen MR) is 273 cm³/mol. The van der Waals surface area contributed by atoms with Crippen molar-refractivity contribution in [2.24, 2.45) is 13.0 Å². The average Bonchev–Trinajstić information content (AvgIpc) is 3.92. The molecule has 10 rings (SSSR count). The molecular weight excluding hydrogens is 919 g/mol. The Labute approximate surface area is 414 Å². The van der Waals surface area contributed by atoms with E-state index in [1.807, 2.05) is 103 Å². The molecule has 16 nitrogen and oxygen atoms in total. The third-order valence-corrected chi connectivity index (χ3v) is 15.2. The van der Waals surface area contributed by atoms with Gasteiger partial charge in [0, 0.05) is 54.8 Å². The maximum Gasteiger partial charge on any atom is 0.355 e. The van der Waals surface area contributed by atoms with E-state index in [4.69, 9.17) is 9.72 Å². The highest BCUT2D eigenvalue weighted by atomic mass is 32.1. The number of piperidine rings is 2. The van der Waals surface area contributed by atoms with Crippen molar-refractivity contribution in [2.75, 3.05) is 41.8 Å². The summed E-state index contributed by atoms with van der Waals surface area (Å²) in [6.45, 7) is 6.72. The number of likely N-dealkylation sites (tertiary alicyclic amines) is 1. The van der Waals surface area contributed by atoms with Crippen molar-refractivity contribution in [3.05, 3.63) is 125 Å². The minimum absolute atomic E-state index is 0.0540. The first-order valence-electron chi connectivity index (χ1n) is 24.2. The molecule has 0 saturated carbocycles. The zero-order valence-electron chi connectivity index (χ0n) is 39.9. The Morgan fingerprint density at radius 3 is 2.58 bits per heavy atom. The summed E-state index contributed by atoms with van der Waals surface area (Å²) in [6, 6.07) is 28.7. The summed E-state index contributed by atoms with van der Waals surface area (Å²) >= 11 is 1.43. The fraction of sp³-hybridized carbons (Fsp3) is 0.333. The van der Waals surface area contributed by atoms with Crippen LogP contribution in [0.25, 0.3) is 32.2 Å². The number of hydrogen-bond donors (Lipinski definition) is 4. The van der Waals surface area contributed by atoms with E-state index in [1.165, 1.54) is 11.3 Å². The third-order valence-electron chi connectivity index (χ3n) is 14.2. The first-order chi connectivity index (χ1) is 34.4. The molecule has 71 heavy (non-hydrogen) atoms. The van der Waals surface area contributed by atoms with Crippen molar-refractivity contribution >= 4 is 78.7 Å². The number of carboxylic acids is 1. The largest absolute Gasteiger partial charge is 0.493 e. The van der Waals surface area contributed by atoms with Crippen LogP contribution in [-0.2, 0) is 34.4 Å². The molecule has 3 aliphatic heterocycles. The van der Waals surface area contributed by atoms with Gasteiger partial charge in [-0.25, -0.2) is 14.8 Å². The van der Waals surface area contributed by atoms with Gasteiger partial charge >= 0.3 is 5.97 Å².